The van der Waals surface area contributed by atoms with Crippen molar-refractivity contribution >= 4 is 27.6 Å². The van der Waals surface area contributed by atoms with Gasteiger partial charge in [-0.05, 0) is 18.2 Å². The topological polar surface area (TPSA) is 58.6 Å². The number of halogens is 4. The summed E-state index contributed by atoms with van der Waals surface area (Å²) < 4.78 is 40.4. The first-order chi connectivity index (χ1) is 8.79. The van der Waals surface area contributed by atoms with Gasteiger partial charge in [-0.3, -0.25) is 0 Å². The SMILES string of the molecule is O=C(O)c1cc(Br)ccc1NCCOCC(F)(F)F. The highest BCUT2D eigenvalue weighted by molar-refractivity contribution is 9.10. The Morgan fingerprint density at radius 3 is 2.68 bits per heavy atom. The van der Waals surface area contributed by atoms with Crippen molar-refractivity contribution in [2.45, 2.75) is 6.18 Å². The molecule has 2 N–H and O–H groups in total. The molecular formula is C11H11BrF3NO3. The molecule has 0 bridgehead atoms. The minimum absolute atomic E-state index is 0.0326. The van der Waals surface area contributed by atoms with Gasteiger partial charge in [0.2, 0.25) is 0 Å². The number of hydrogen-bond donors (Lipinski definition) is 2. The van der Waals surface area contributed by atoms with Crippen LogP contribution < -0.4 is 5.32 Å². The first-order valence-electron chi connectivity index (χ1n) is 5.21. The molecule has 0 fully saturated rings. The summed E-state index contributed by atoms with van der Waals surface area (Å²) in [7, 11) is 0. The molecule has 0 saturated heterocycles. The second kappa shape index (κ2) is 6.76. The molecule has 1 aromatic rings. The highest BCUT2D eigenvalue weighted by Gasteiger charge is 2.27. The Balaban J connectivity index is 2.47. The molecule has 19 heavy (non-hydrogen) atoms. The fourth-order valence-electron chi connectivity index (χ4n) is 1.29. The van der Waals surface area contributed by atoms with Gasteiger partial charge in [0.1, 0.15) is 6.61 Å². The highest BCUT2D eigenvalue weighted by Crippen LogP contribution is 2.21. The zero-order valence-electron chi connectivity index (χ0n) is 9.63. The second-order valence-corrected chi connectivity index (χ2v) is 4.51. The number of alkyl halides is 3. The molecule has 0 aliphatic carbocycles. The number of aromatic carboxylic acids is 1. The minimum atomic E-state index is -4.36. The quantitative estimate of drug-likeness (QED) is 0.780. The van der Waals surface area contributed by atoms with E-state index < -0.39 is 18.8 Å². The molecule has 106 valence electrons. The van der Waals surface area contributed by atoms with Gasteiger partial charge in [0.05, 0.1) is 12.2 Å². The average molecular weight is 342 g/mol. The Hall–Kier alpha value is -1.28. The first-order valence-corrected chi connectivity index (χ1v) is 6.00. The maximum atomic E-state index is 11.8. The molecule has 0 aliphatic heterocycles. The van der Waals surface area contributed by atoms with Gasteiger partial charge >= 0.3 is 12.1 Å². The maximum absolute atomic E-state index is 11.8. The van der Waals surface area contributed by atoms with Crippen LogP contribution in [0.2, 0.25) is 0 Å². The smallest absolute Gasteiger partial charge is 0.411 e. The van der Waals surface area contributed by atoms with Crippen molar-refractivity contribution in [3.63, 3.8) is 0 Å². The van der Waals surface area contributed by atoms with Crippen LogP contribution in [0.3, 0.4) is 0 Å². The predicted octanol–water partition coefficient (Wildman–Crippen LogP) is 3.14. The molecule has 0 heterocycles. The summed E-state index contributed by atoms with van der Waals surface area (Å²) in [5, 5.41) is 11.7. The van der Waals surface area contributed by atoms with Crippen molar-refractivity contribution in [2.75, 3.05) is 25.1 Å². The number of carbonyl (C=O) groups is 1. The van der Waals surface area contributed by atoms with E-state index in [1.54, 1.807) is 6.07 Å². The molecule has 0 atom stereocenters. The summed E-state index contributed by atoms with van der Waals surface area (Å²) in [6, 6.07) is 4.56. The lowest BCUT2D eigenvalue weighted by Crippen LogP contribution is -2.20. The van der Waals surface area contributed by atoms with E-state index in [1.165, 1.54) is 12.1 Å². The molecule has 0 radical (unpaired) electrons. The van der Waals surface area contributed by atoms with Gasteiger partial charge in [-0.25, -0.2) is 4.79 Å². The van der Waals surface area contributed by atoms with Crippen molar-refractivity contribution in [1.29, 1.82) is 0 Å². The zero-order valence-corrected chi connectivity index (χ0v) is 11.2. The van der Waals surface area contributed by atoms with Crippen molar-refractivity contribution in [1.82, 2.24) is 0 Å². The Morgan fingerprint density at radius 1 is 1.42 bits per heavy atom. The summed E-state index contributed by atoms with van der Waals surface area (Å²) in [6.45, 7) is -1.41. The lowest BCUT2D eigenvalue weighted by molar-refractivity contribution is -0.172. The van der Waals surface area contributed by atoms with Crippen LogP contribution in [0.15, 0.2) is 22.7 Å². The lowest BCUT2D eigenvalue weighted by atomic mass is 10.2. The molecule has 0 amide bonds. The van der Waals surface area contributed by atoms with E-state index in [9.17, 15) is 18.0 Å². The molecule has 0 spiro atoms. The standard InChI is InChI=1S/C11H11BrF3NO3/c12-7-1-2-9(8(5-7)10(17)18)16-3-4-19-6-11(13,14)15/h1-2,5,16H,3-4,6H2,(H,17,18). The number of nitrogens with one attached hydrogen (secondary N) is 1. The van der Waals surface area contributed by atoms with Crippen molar-refractivity contribution in [3.05, 3.63) is 28.2 Å². The number of carboxylic acids is 1. The van der Waals surface area contributed by atoms with Crippen LogP contribution in [0.1, 0.15) is 10.4 Å². The molecule has 0 saturated carbocycles. The van der Waals surface area contributed by atoms with Gasteiger partial charge in [-0.1, -0.05) is 15.9 Å². The molecule has 0 aromatic heterocycles. The van der Waals surface area contributed by atoms with Crippen molar-refractivity contribution in [3.8, 4) is 0 Å². The van der Waals surface area contributed by atoms with E-state index in [1.807, 2.05) is 0 Å². The van der Waals surface area contributed by atoms with Gasteiger partial charge in [-0.2, -0.15) is 13.2 Å². The van der Waals surface area contributed by atoms with Crippen LogP contribution in [-0.4, -0.2) is 37.0 Å². The summed E-state index contributed by atoms with van der Waals surface area (Å²) in [5.41, 5.74) is 0.358. The van der Waals surface area contributed by atoms with Crippen molar-refractivity contribution < 1.29 is 27.8 Å². The third-order valence-electron chi connectivity index (χ3n) is 2.04. The van der Waals surface area contributed by atoms with E-state index in [2.05, 4.69) is 26.0 Å². The van der Waals surface area contributed by atoms with Gasteiger partial charge in [0.15, 0.2) is 0 Å². The molecular weight excluding hydrogens is 331 g/mol. The van der Waals surface area contributed by atoms with Crippen molar-refractivity contribution in [2.24, 2.45) is 0 Å². The van der Waals surface area contributed by atoms with Gasteiger partial charge < -0.3 is 15.2 Å². The van der Waals surface area contributed by atoms with E-state index in [-0.39, 0.29) is 18.7 Å². The monoisotopic (exact) mass is 341 g/mol. The third kappa shape index (κ3) is 5.93. The van der Waals surface area contributed by atoms with Crippen LogP contribution in [0.5, 0.6) is 0 Å². The third-order valence-corrected chi connectivity index (χ3v) is 2.53. The lowest BCUT2D eigenvalue weighted by Gasteiger charge is -2.11. The average Bonchev–Trinajstić information content (AvgIpc) is 2.28. The maximum Gasteiger partial charge on any atom is 0.411 e. The van der Waals surface area contributed by atoms with Crippen LogP contribution >= 0.6 is 15.9 Å². The summed E-state index contributed by atoms with van der Waals surface area (Å²) in [5.74, 6) is -1.12. The molecule has 0 unspecified atom stereocenters. The molecule has 1 rings (SSSR count). The van der Waals surface area contributed by atoms with Crippen LogP contribution in [0, 0.1) is 0 Å². The van der Waals surface area contributed by atoms with Gasteiger partial charge in [-0.15, -0.1) is 0 Å². The van der Waals surface area contributed by atoms with Crippen LogP contribution in [0.25, 0.3) is 0 Å². The van der Waals surface area contributed by atoms with Gasteiger partial charge in [0, 0.05) is 16.7 Å². The van der Waals surface area contributed by atoms with Crippen LogP contribution in [0.4, 0.5) is 18.9 Å². The minimum Gasteiger partial charge on any atom is -0.478 e. The first kappa shape index (κ1) is 15.8. The largest absolute Gasteiger partial charge is 0.478 e. The number of benzene rings is 1. The van der Waals surface area contributed by atoms with E-state index in [4.69, 9.17) is 5.11 Å². The second-order valence-electron chi connectivity index (χ2n) is 3.59. The molecule has 1 aromatic carbocycles. The van der Waals surface area contributed by atoms with Gasteiger partial charge in [0.25, 0.3) is 0 Å². The number of rotatable bonds is 6. The number of ether oxygens (including phenoxy) is 1. The van der Waals surface area contributed by atoms with E-state index in [0.717, 1.165) is 0 Å². The Labute approximate surface area is 115 Å². The van der Waals surface area contributed by atoms with E-state index in [0.29, 0.717) is 10.2 Å². The zero-order chi connectivity index (χ0) is 14.5. The fraction of sp³-hybridized carbons (Fsp3) is 0.364. The predicted molar refractivity (Wildman–Crippen MR) is 66.5 cm³/mol. The summed E-state index contributed by atoms with van der Waals surface area (Å²) in [4.78, 5) is 11.0. The Kier molecular flexibility index (Phi) is 5.61. The number of anilines is 1. The fourth-order valence-corrected chi connectivity index (χ4v) is 1.65. The Bertz CT molecular complexity index is 451. The molecule has 4 nitrogen and oxygen atoms in total. The van der Waals surface area contributed by atoms with Crippen LogP contribution in [-0.2, 0) is 4.74 Å². The number of hydrogen-bond acceptors (Lipinski definition) is 3. The number of carboxylic acid groups (broad SMARTS) is 1. The Morgan fingerprint density at radius 2 is 2.11 bits per heavy atom. The van der Waals surface area contributed by atoms with E-state index >= 15 is 0 Å². The highest BCUT2D eigenvalue weighted by atomic mass is 79.9. The summed E-state index contributed by atoms with van der Waals surface area (Å²) in [6.07, 6.45) is -4.36. The summed E-state index contributed by atoms with van der Waals surface area (Å²) >= 11 is 3.14. The molecule has 0 aliphatic rings. The molecule has 8 heteroatoms. The normalized spacial score (nSPS) is 11.4.